The Kier molecular flexibility index (Phi) is 4.08. The maximum absolute atomic E-state index is 9.76. The lowest BCUT2D eigenvalue weighted by molar-refractivity contribution is -0.134. The molecule has 4 aromatic rings. The van der Waals surface area contributed by atoms with Gasteiger partial charge < -0.3 is 14.8 Å². The van der Waals surface area contributed by atoms with Gasteiger partial charge >= 0.3 is 0 Å². The minimum Gasteiger partial charge on any atom is -0.508 e. The number of carboxylic acid groups (broad SMARTS) is 1. The highest BCUT2D eigenvalue weighted by atomic mass is 16.4. The average Bonchev–Trinajstić information content (AvgIpc) is 2.89. The topological polar surface area (TPSA) is 75.3 Å². The number of hydrogen-bond acceptors (Lipinski definition) is 3. The monoisotopic (exact) mass is 336 g/mol. The number of aromatic nitrogens is 2. The summed E-state index contributed by atoms with van der Waals surface area (Å²) in [6.45, 7) is 5.33. The van der Waals surface area contributed by atoms with Gasteiger partial charge in [0.15, 0.2) is 0 Å². The van der Waals surface area contributed by atoms with Gasteiger partial charge in [-0.25, -0.2) is 4.98 Å². The minimum atomic E-state index is -0.833. The van der Waals surface area contributed by atoms with Gasteiger partial charge in [-0.1, -0.05) is 0 Å². The molecule has 0 fully saturated rings. The van der Waals surface area contributed by atoms with E-state index in [0.29, 0.717) is 0 Å². The lowest BCUT2D eigenvalue weighted by atomic mass is 10.0. The summed E-state index contributed by atoms with van der Waals surface area (Å²) >= 11 is 0. The third kappa shape index (κ3) is 2.89. The van der Waals surface area contributed by atoms with Crippen LogP contribution in [0.25, 0.3) is 32.6 Å². The summed E-state index contributed by atoms with van der Waals surface area (Å²) in [4.78, 5) is 13.7. The summed E-state index contributed by atoms with van der Waals surface area (Å²) in [7, 11) is 2.06. The summed E-state index contributed by atoms with van der Waals surface area (Å²) in [5, 5.41) is 21.8. The Bertz CT molecular complexity index is 1120. The van der Waals surface area contributed by atoms with Crippen LogP contribution < -0.4 is 0 Å². The van der Waals surface area contributed by atoms with Crippen LogP contribution in [0.3, 0.4) is 0 Å². The molecule has 0 spiro atoms. The smallest absolute Gasteiger partial charge is 0.300 e. The number of benzene rings is 2. The molecular weight excluding hydrogens is 316 g/mol. The highest BCUT2D eigenvalue weighted by molar-refractivity contribution is 6.14. The molecule has 0 amide bonds. The maximum atomic E-state index is 9.76. The number of pyridine rings is 1. The predicted molar refractivity (Wildman–Crippen MR) is 100 cm³/mol. The Morgan fingerprint density at radius 3 is 2.40 bits per heavy atom. The molecule has 2 heterocycles. The fraction of sp³-hybridized carbons (Fsp3) is 0.200. The molecular formula is C20H20N2O3. The zero-order valence-corrected chi connectivity index (χ0v) is 14.7. The van der Waals surface area contributed by atoms with Crippen LogP contribution in [-0.4, -0.2) is 25.7 Å². The van der Waals surface area contributed by atoms with Crippen molar-refractivity contribution in [1.29, 1.82) is 0 Å². The predicted octanol–water partition coefficient (Wildman–Crippen LogP) is 4.29. The molecule has 2 aromatic carbocycles. The molecule has 25 heavy (non-hydrogen) atoms. The number of nitrogens with zero attached hydrogens (tertiary/aromatic N) is 2. The lowest BCUT2D eigenvalue weighted by Gasteiger charge is -2.11. The molecule has 0 unspecified atom stereocenters. The van der Waals surface area contributed by atoms with Crippen LogP contribution in [0.4, 0.5) is 0 Å². The van der Waals surface area contributed by atoms with Crippen molar-refractivity contribution in [2.24, 2.45) is 7.05 Å². The number of fused-ring (bicyclic) bond motifs is 4. The number of phenolic OH excluding ortho intramolecular Hbond substituents is 1. The molecule has 0 aliphatic rings. The highest BCUT2D eigenvalue weighted by Crippen LogP contribution is 2.35. The highest BCUT2D eigenvalue weighted by Gasteiger charge is 2.13. The number of carboxylic acids is 1. The van der Waals surface area contributed by atoms with Gasteiger partial charge in [-0.2, -0.15) is 0 Å². The largest absolute Gasteiger partial charge is 0.508 e. The van der Waals surface area contributed by atoms with Gasteiger partial charge in [-0.3, -0.25) is 4.79 Å². The van der Waals surface area contributed by atoms with Gasteiger partial charge in [0, 0.05) is 42.0 Å². The first-order valence-corrected chi connectivity index (χ1v) is 7.96. The van der Waals surface area contributed by atoms with E-state index in [-0.39, 0.29) is 5.75 Å². The molecule has 128 valence electrons. The van der Waals surface area contributed by atoms with Crippen LogP contribution >= 0.6 is 0 Å². The first kappa shape index (κ1) is 16.8. The van der Waals surface area contributed by atoms with Crippen molar-refractivity contribution >= 4 is 38.5 Å². The van der Waals surface area contributed by atoms with E-state index in [2.05, 4.69) is 43.8 Å². The fourth-order valence-corrected chi connectivity index (χ4v) is 3.13. The van der Waals surface area contributed by atoms with Gasteiger partial charge in [0.25, 0.3) is 5.97 Å². The maximum Gasteiger partial charge on any atom is 0.300 e. The SMILES string of the molecule is CC(=O)O.Cc1c2ccn(C)c(C)c2cc2c1nc1ccc(O)cc12. The molecule has 0 saturated heterocycles. The minimum absolute atomic E-state index is 0.282. The van der Waals surface area contributed by atoms with Gasteiger partial charge in [0.2, 0.25) is 0 Å². The van der Waals surface area contributed by atoms with E-state index in [1.165, 1.54) is 22.0 Å². The number of phenols is 1. The second-order valence-electron chi connectivity index (χ2n) is 6.20. The van der Waals surface area contributed by atoms with Crippen molar-refractivity contribution in [3.8, 4) is 5.75 Å². The molecule has 5 nitrogen and oxygen atoms in total. The Balaban J connectivity index is 0.000000415. The first-order chi connectivity index (χ1) is 11.8. The van der Waals surface area contributed by atoms with Crippen LogP contribution in [0.5, 0.6) is 5.75 Å². The Hall–Kier alpha value is -3.08. The zero-order valence-electron chi connectivity index (χ0n) is 14.7. The standard InChI is InChI=1S/C18H16N2O.C2H4O2/c1-10-13-6-7-20(3)11(2)14(13)9-16-15-8-12(21)4-5-17(15)19-18(10)16;1-2(3)4/h4-9,21H,1-3H3;1H3,(H,3,4). The molecule has 2 N–H and O–H groups in total. The van der Waals surface area contributed by atoms with E-state index in [4.69, 9.17) is 14.9 Å². The lowest BCUT2D eigenvalue weighted by Crippen LogP contribution is -1.97. The second kappa shape index (κ2) is 6.09. The quantitative estimate of drug-likeness (QED) is 0.502. The van der Waals surface area contributed by atoms with Crippen molar-refractivity contribution in [3.05, 3.63) is 47.8 Å². The summed E-state index contributed by atoms with van der Waals surface area (Å²) in [6.07, 6.45) is 2.09. The summed E-state index contributed by atoms with van der Waals surface area (Å²) < 4.78 is 2.13. The van der Waals surface area contributed by atoms with E-state index in [9.17, 15) is 5.11 Å². The van der Waals surface area contributed by atoms with Gasteiger partial charge in [-0.05, 0) is 55.1 Å². The fourth-order valence-electron chi connectivity index (χ4n) is 3.13. The number of aromatic hydroxyl groups is 1. The summed E-state index contributed by atoms with van der Waals surface area (Å²) in [5.74, 6) is -0.551. The normalized spacial score (nSPS) is 10.9. The average molecular weight is 336 g/mol. The number of rotatable bonds is 0. The van der Waals surface area contributed by atoms with E-state index in [1.807, 2.05) is 6.07 Å². The molecule has 0 bridgehead atoms. The first-order valence-electron chi connectivity index (χ1n) is 7.96. The molecule has 4 rings (SSSR count). The van der Waals surface area contributed by atoms with Crippen molar-refractivity contribution < 1.29 is 15.0 Å². The zero-order chi connectivity index (χ0) is 18.3. The van der Waals surface area contributed by atoms with Crippen molar-refractivity contribution in [1.82, 2.24) is 9.55 Å². The molecule has 0 aliphatic heterocycles. The number of hydrogen-bond donors (Lipinski definition) is 2. The van der Waals surface area contributed by atoms with Gasteiger partial charge in [0.1, 0.15) is 5.75 Å². The van der Waals surface area contributed by atoms with E-state index in [0.717, 1.165) is 28.7 Å². The van der Waals surface area contributed by atoms with Crippen LogP contribution in [-0.2, 0) is 11.8 Å². The third-order valence-electron chi connectivity index (χ3n) is 4.48. The molecule has 5 heteroatoms. The number of aliphatic carboxylic acids is 1. The van der Waals surface area contributed by atoms with E-state index < -0.39 is 5.97 Å². The second-order valence-corrected chi connectivity index (χ2v) is 6.20. The Morgan fingerprint density at radius 1 is 1.04 bits per heavy atom. The third-order valence-corrected chi connectivity index (χ3v) is 4.48. The summed E-state index contributed by atoms with van der Waals surface area (Å²) in [6, 6.07) is 9.71. The van der Waals surface area contributed by atoms with Crippen molar-refractivity contribution in [2.75, 3.05) is 0 Å². The van der Waals surface area contributed by atoms with Crippen LogP contribution in [0.15, 0.2) is 36.5 Å². The summed E-state index contributed by atoms with van der Waals surface area (Å²) in [5.41, 5.74) is 4.38. The van der Waals surface area contributed by atoms with Gasteiger partial charge in [-0.15, -0.1) is 0 Å². The van der Waals surface area contributed by atoms with Crippen LogP contribution in [0, 0.1) is 13.8 Å². The molecule has 0 saturated carbocycles. The van der Waals surface area contributed by atoms with Crippen molar-refractivity contribution in [3.63, 3.8) is 0 Å². The number of carbonyl (C=O) groups is 1. The van der Waals surface area contributed by atoms with Crippen LogP contribution in [0.2, 0.25) is 0 Å². The van der Waals surface area contributed by atoms with E-state index in [1.54, 1.807) is 12.1 Å². The van der Waals surface area contributed by atoms with Gasteiger partial charge in [0.05, 0.1) is 11.0 Å². The number of aryl methyl sites for hydroxylation is 3. The molecule has 0 radical (unpaired) electrons. The van der Waals surface area contributed by atoms with Crippen LogP contribution in [0.1, 0.15) is 18.2 Å². The van der Waals surface area contributed by atoms with Crippen molar-refractivity contribution in [2.45, 2.75) is 20.8 Å². The Labute approximate surface area is 145 Å². The molecule has 0 atom stereocenters. The molecule has 0 aliphatic carbocycles. The van der Waals surface area contributed by atoms with E-state index >= 15 is 0 Å². The molecule has 2 aromatic heterocycles. The Morgan fingerprint density at radius 2 is 1.72 bits per heavy atom.